The Morgan fingerprint density at radius 1 is 1.22 bits per heavy atom. The Labute approximate surface area is 109 Å². The van der Waals surface area contributed by atoms with Crippen LogP contribution >= 0.6 is 0 Å². The molecule has 1 aliphatic rings. The van der Waals surface area contributed by atoms with Crippen molar-refractivity contribution in [1.29, 1.82) is 5.41 Å². The average Bonchev–Trinajstić information content (AvgIpc) is 2.40. The first-order valence-corrected chi connectivity index (χ1v) is 6.80. The number of hydrogen-bond donors (Lipinski definition) is 2. The molecule has 0 amide bonds. The molecule has 1 saturated carbocycles. The van der Waals surface area contributed by atoms with Gasteiger partial charge in [0.1, 0.15) is 11.6 Å². The molecule has 1 aromatic carbocycles. The number of ether oxygens (including phenoxy) is 1. The highest BCUT2D eigenvalue weighted by atomic mass is 16.5. The number of nitrogen functional groups attached to an aromatic ring is 1. The summed E-state index contributed by atoms with van der Waals surface area (Å²) >= 11 is 0. The Hall–Kier alpha value is -1.51. The Balaban J connectivity index is 1.88. The van der Waals surface area contributed by atoms with E-state index in [2.05, 4.69) is 6.92 Å². The fraction of sp³-hybridized carbons (Fsp3) is 0.533. The van der Waals surface area contributed by atoms with Crippen molar-refractivity contribution < 1.29 is 4.74 Å². The number of amidine groups is 1. The van der Waals surface area contributed by atoms with Crippen molar-refractivity contribution in [3.8, 4) is 5.75 Å². The lowest BCUT2D eigenvalue weighted by atomic mass is 9.86. The molecule has 0 radical (unpaired) electrons. The highest BCUT2D eigenvalue weighted by molar-refractivity contribution is 5.94. The summed E-state index contributed by atoms with van der Waals surface area (Å²) < 4.78 is 5.97. The lowest BCUT2D eigenvalue weighted by Crippen LogP contribution is -2.23. The normalized spacial score (nSPS) is 23.6. The van der Waals surface area contributed by atoms with Gasteiger partial charge in [0.25, 0.3) is 0 Å². The van der Waals surface area contributed by atoms with E-state index >= 15 is 0 Å². The highest BCUT2D eigenvalue weighted by Gasteiger charge is 2.21. The summed E-state index contributed by atoms with van der Waals surface area (Å²) in [5, 5.41) is 7.34. The topological polar surface area (TPSA) is 59.1 Å². The van der Waals surface area contributed by atoms with E-state index in [9.17, 15) is 0 Å². The van der Waals surface area contributed by atoms with E-state index < -0.39 is 0 Å². The monoisotopic (exact) mass is 246 g/mol. The number of hydrogen-bond acceptors (Lipinski definition) is 2. The molecule has 0 unspecified atom stereocenters. The molecule has 3 N–H and O–H groups in total. The van der Waals surface area contributed by atoms with Gasteiger partial charge in [-0.3, -0.25) is 5.41 Å². The Kier molecular flexibility index (Phi) is 4.24. The van der Waals surface area contributed by atoms with Crippen molar-refractivity contribution in [3.05, 3.63) is 29.8 Å². The minimum atomic E-state index is 0.102. The fourth-order valence-electron chi connectivity index (χ4n) is 2.56. The minimum absolute atomic E-state index is 0.102. The molecule has 0 bridgehead atoms. The van der Waals surface area contributed by atoms with Gasteiger partial charge in [0.2, 0.25) is 0 Å². The summed E-state index contributed by atoms with van der Waals surface area (Å²) in [6.07, 6.45) is 6.54. The number of nitrogens with two attached hydrogens (primary N) is 1. The number of nitrogens with one attached hydrogen (secondary N) is 1. The number of benzene rings is 1. The Bertz CT molecular complexity index is 391. The van der Waals surface area contributed by atoms with Crippen LogP contribution in [0.4, 0.5) is 0 Å². The second-order valence-corrected chi connectivity index (χ2v) is 5.11. The molecule has 0 aromatic heterocycles. The third-order valence-electron chi connectivity index (χ3n) is 3.84. The van der Waals surface area contributed by atoms with Crippen LogP contribution in [-0.2, 0) is 0 Å². The first kappa shape index (κ1) is 12.9. The third kappa shape index (κ3) is 3.25. The van der Waals surface area contributed by atoms with E-state index in [0.717, 1.165) is 30.1 Å². The van der Waals surface area contributed by atoms with Crippen LogP contribution < -0.4 is 10.5 Å². The summed E-state index contributed by atoms with van der Waals surface area (Å²) in [5.74, 6) is 1.88. The molecule has 3 heteroatoms. The van der Waals surface area contributed by atoms with Crippen molar-refractivity contribution in [2.75, 3.05) is 0 Å². The molecule has 0 heterocycles. The zero-order chi connectivity index (χ0) is 13.0. The van der Waals surface area contributed by atoms with Crippen LogP contribution in [0.25, 0.3) is 0 Å². The van der Waals surface area contributed by atoms with Gasteiger partial charge >= 0.3 is 0 Å². The van der Waals surface area contributed by atoms with E-state index in [-0.39, 0.29) is 5.84 Å². The van der Waals surface area contributed by atoms with Crippen LogP contribution in [0, 0.1) is 11.3 Å². The van der Waals surface area contributed by atoms with Gasteiger partial charge in [-0.2, -0.15) is 0 Å². The van der Waals surface area contributed by atoms with Crippen LogP contribution in [0.5, 0.6) is 5.75 Å². The lowest BCUT2D eigenvalue weighted by molar-refractivity contribution is 0.130. The third-order valence-corrected chi connectivity index (χ3v) is 3.84. The fourth-order valence-corrected chi connectivity index (χ4v) is 2.56. The summed E-state index contributed by atoms with van der Waals surface area (Å²) in [6, 6.07) is 7.50. The highest BCUT2D eigenvalue weighted by Crippen LogP contribution is 2.29. The largest absolute Gasteiger partial charge is 0.490 e. The van der Waals surface area contributed by atoms with Crippen molar-refractivity contribution >= 4 is 5.84 Å². The van der Waals surface area contributed by atoms with Gasteiger partial charge < -0.3 is 10.5 Å². The SMILES string of the molecule is CCC1CCC(Oc2ccc(C(=N)N)cc2)CC1. The second-order valence-electron chi connectivity index (χ2n) is 5.11. The van der Waals surface area contributed by atoms with Gasteiger partial charge in [-0.05, 0) is 55.9 Å². The molecule has 0 saturated heterocycles. The Morgan fingerprint density at radius 2 is 1.83 bits per heavy atom. The molecule has 0 atom stereocenters. The van der Waals surface area contributed by atoms with Crippen LogP contribution in [0.3, 0.4) is 0 Å². The van der Waals surface area contributed by atoms with E-state index in [1.807, 2.05) is 24.3 Å². The molecule has 0 aliphatic heterocycles. The first-order chi connectivity index (χ1) is 8.69. The van der Waals surface area contributed by atoms with Crippen molar-refractivity contribution in [1.82, 2.24) is 0 Å². The average molecular weight is 246 g/mol. The quantitative estimate of drug-likeness (QED) is 0.632. The smallest absolute Gasteiger partial charge is 0.122 e. The van der Waals surface area contributed by atoms with Crippen molar-refractivity contribution in [2.45, 2.75) is 45.1 Å². The molecule has 2 rings (SSSR count). The van der Waals surface area contributed by atoms with E-state index in [4.69, 9.17) is 15.9 Å². The first-order valence-electron chi connectivity index (χ1n) is 6.80. The molecular formula is C15H22N2O. The molecule has 3 nitrogen and oxygen atoms in total. The van der Waals surface area contributed by atoms with Crippen LogP contribution in [0.2, 0.25) is 0 Å². The van der Waals surface area contributed by atoms with Crippen LogP contribution in [0.1, 0.15) is 44.6 Å². The standard InChI is InChI=1S/C15H22N2O/c1-2-11-3-7-13(8-4-11)18-14-9-5-12(6-10-14)15(16)17/h5-6,9-11,13H,2-4,7-8H2,1H3,(H3,16,17). The van der Waals surface area contributed by atoms with Crippen LogP contribution in [0.15, 0.2) is 24.3 Å². The maximum absolute atomic E-state index is 7.34. The zero-order valence-corrected chi connectivity index (χ0v) is 11.0. The van der Waals surface area contributed by atoms with E-state index in [0.29, 0.717) is 6.10 Å². The maximum atomic E-state index is 7.34. The maximum Gasteiger partial charge on any atom is 0.122 e. The van der Waals surface area contributed by atoms with Gasteiger partial charge in [-0.15, -0.1) is 0 Å². The zero-order valence-electron chi connectivity index (χ0n) is 11.0. The molecule has 98 valence electrons. The van der Waals surface area contributed by atoms with Crippen molar-refractivity contribution in [3.63, 3.8) is 0 Å². The van der Waals surface area contributed by atoms with Gasteiger partial charge in [-0.1, -0.05) is 13.3 Å². The lowest BCUT2D eigenvalue weighted by Gasteiger charge is -2.28. The van der Waals surface area contributed by atoms with E-state index in [1.165, 1.54) is 19.3 Å². The van der Waals surface area contributed by atoms with Crippen LogP contribution in [-0.4, -0.2) is 11.9 Å². The molecular weight excluding hydrogens is 224 g/mol. The summed E-state index contributed by atoms with van der Waals surface area (Å²) in [7, 11) is 0. The van der Waals surface area contributed by atoms with Gasteiger partial charge in [0, 0.05) is 5.56 Å². The summed E-state index contributed by atoms with van der Waals surface area (Å²) in [6.45, 7) is 2.27. The minimum Gasteiger partial charge on any atom is -0.490 e. The predicted octanol–water partition coefficient (Wildman–Crippen LogP) is 3.32. The predicted molar refractivity (Wildman–Crippen MR) is 74.1 cm³/mol. The molecule has 1 aliphatic carbocycles. The van der Waals surface area contributed by atoms with Crippen molar-refractivity contribution in [2.24, 2.45) is 11.7 Å². The van der Waals surface area contributed by atoms with E-state index in [1.54, 1.807) is 0 Å². The van der Waals surface area contributed by atoms with Gasteiger partial charge in [0.15, 0.2) is 0 Å². The molecule has 1 aromatic rings. The summed E-state index contributed by atoms with van der Waals surface area (Å²) in [5.41, 5.74) is 6.17. The molecule has 0 spiro atoms. The second kappa shape index (κ2) is 5.89. The number of rotatable bonds is 4. The molecule has 1 fully saturated rings. The Morgan fingerprint density at radius 3 is 2.33 bits per heavy atom. The van der Waals surface area contributed by atoms with Gasteiger partial charge in [-0.25, -0.2) is 0 Å². The summed E-state index contributed by atoms with van der Waals surface area (Å²) in [4.78, 5) is 0. The van der Waals surface area contributed by atoms with Gasteiger partial charge in [0.05, 0.1) is 6.10 Å². The molecule has 18 heavy (non-hydrogen) atoms.